The molecule has 1 aromatic heterocycles. The highest BCUT2D eigenvalue weighted by Crippen LogP contribution is 2.27. The molecule has 1 heterocycles. The molecule has 0 radical (unpaired) electrons. The molecule has 0 amide bonds. The Labute approximate surface area is 102 Å². The first-order chi connectivity index (χ1) is 7.19. The normalized spacial score (nSPS) is 10.6. The number of hydrogen-bond donors (Lipinski definition) is 0. The van der Waals surface area contributed by atoms with E-state index in [1.807, 2.05) is 0 Å². The van der Waals surface area contributed by atoms with Crippen molar-refractivity contribution in [3.05, 3.63) is 40.3 Å². The van der Waals surface area contributed by atoms with Crippen molar-refractivity contribution >= 4 is 34.8 Å². The van der Waals surface area contributed by atoms with Crippen molar-refractivity contribution < 1.29 is 4.42 Å². The minimum Gasteiger partial charge on any atom is -0.439 e. The maximum Gasteiger partial charge on any atom is 0.209 e. The van der Waals surface area contributed by atoms with Crippen LogP contribution in [-0.4, -0.2) is 4.98 Å². The Morgan fingerprint density at radius 2 is 1.80 bits per heavy atom. The van der Waals surface area contributed by atoms with Crippen LogP contribution in [0.25, 0.3) is 11.3 Å². The van der Waals surface area contributed by atoms with Crippen LogP contribution in [0.1, 0.15) is 5.89 Å². The third-order valence-corrected chi connectivity index (χ3v) is 2.48. The van der Waals surface area contributed by atoms with Gasteiger partial charge in [0.1, 0.15) is 0 Å². The molecule has 0 saturated heterocycles. The van der Waals surface area contributed by atoms with Gasteiger partial charge in [0, 0.05) is 15.6 Å². The predicted molar refractivity (Wildman–Crippen MR) is 61.5 cm³/mol. The molecule has 2 rings (SSSR count). The summed E-state index contributed by atoms with van der Waals surface area (Å²) in [6.07, 6.45) is 1.60. The van der Waals surface area contributed by atoms with Crippen LogP contribution in [0.5, 0.6) is 0 Å². The summed E-state index contributed by atoms with van der Waals surface area (Å²) in [4.78, 5) is 3.99. The van der Waals surface area contributed by atoms with E-state index in [1.54, 1.807) is 24.4 Å². The summed E-state index contributed by atoms with van der Waals surface area (Å²) in [5.74, 6) is 1.33. The summed E-state index contributed by atoms with van der Waals surface area (Å²) >= 11 is 17.3. The van der Waals surface area contributed by atoms with Gasteiger partial charge in [-0.2, -0.15) is 0 Å². The van der Waals surface area contributed by atoms with E-state index >= 15 is 0 Å². The molecule has 78 valence electrons. The van der Waals surface area contributed by atoms with Crippen LogP contribution >= 0.6 is 34.8 Å². The van der Waals surface area contributed by atoms with Crippen LogP contribution in [0, 0.1) is 0 Å². The lowest BCUT2D eigenvalue weighted by molar-refractivity contribution is 0.529. The van der Waals surface area contributed by atoms with E-state index in [1.165, 1.54) is 0 Å². The van der Waals surface area contributed by atoms with Crippen LogP contribution in [0.3, 0.4) is 0 Å². The minimum absolute atomic E-state index is 0.244. The van der Waals surface area contributed by atoms with Gasteiger partial charge in [0.15, 0.2) is 5.76 Å². The summed E-state index contributed by atoms with van der Waals surface area (Å²) < 4.78 is 5.37. The Bertz CT molecular complexity index is 461. The first kappa shape index (κ1) is 10.8. The number of alkyl halides is 1. The molecule has 2 nitrogen and oxygen atoms in total. The molecule has 15 heavy (non-hydrogen) atoms. The fourth-order valence-corrected chi connectivity index (χ4v) is 1.85. The highest BCUT2D eigenvalue weighted by Gasteiger charge is 2.07. The van der Waals surface area contributed by atoms with Crippen molar-refractivity contribution in [1.29, 1.82) is 0 Å². The summed E-state index contributed by atoms with van der Waals surface area (Å²) in [7, 11) is 0. The molecular formula is C10H6Cl3NO. The molecule has 0 aliphatic carbocycles. The third-order valence-electron chi connectivity index (χ3n) is 1.81. The average Bonchev–Trinajstić information content (AvgIpc) is 2.64. The Morgan fingerprint density at radius 1 is 1.13 bits per heavy atom. The first-order valence-electron chi connectivity index (χ1n) is 4.16. The number of hydrogen-bond acceptors (Lipinski definition) is 2. The van der Waals surface area contributed by atoms with Gasteiger partial charge in [-0.25, -0.2) is 4.98 Å². The van der Waals surface area contributed by atoms with Gasteiger partial charge in [-0.1, -0.05) is 23.2 Å². The molecule has 0 atom stereocenters. The zero-order chi connectivity index (χ0) is 10.8. The lowest BCUT2D eigenvalue weighted by Crippen LogP contribution is -1.75. The third kappa shape index (κ3) is 2.46. The van der Waals surface area contributed by atoms with Crippen molar-refractivity contribution in [1.82, 2.24) is 4.98 Å². The van der Waals surface area contributed by atoms with Gasteiger partial charge in [-0.15, -0.1) is 11.6 Å². The van der Waals surface area contributed by atoms with Crippen molar-refractivity contribution in [2.24, 2.45) is 0 Å². The molecule has 1 aromatic carbocycles. The largest absolute Gasteiger partial charge is 0.439 e. The van der Waals surface area contributed by atoms with Gasteiger partial charge in [0.25, 0.3) is 0 Å². The standard InChI is InChI=1S/C10H6Cl3NO/c11-4-10-14-5-9(15-10)6-1-7(12)3-8(13)2-6/h1-3,5H,4H2. The van der Waals surface area contributed by atoms with Crippen molar-refractivity contribution in [3.8, 4) is 11.3 Å². The van der Waals surface area contributed by atoms with Gasteiger partial charge in [-0.3, -0.25) is 0 Å². The van der Waals surface area contributed by atoms with Crippen molar-refractivity contribution in [2.45, 2.75) is 5.88 Å². The number of aromatic nitrogens is 1. The van der Waals surface area contributed by atoms with E-state index in [-0.39, 0.29) is 5.88 Å². The lowest BCUT2D eigenvalue weighted by atomic mass is 10.2. The number of nitrogens with zero attached hydrogens (tertiary/aromatic N) is 1. The summed E-state index contributed by atoms with van der Waals surface area (Å²) in [5, 5.41) is 1.11. The fourth-order valence-electron chi connectivity index (χ4n) is 1.20. The second-order valence-corrected chi connectivity index (χ2v) is 4.05. The van der Waals surface area contributed by atoms with Gasteiger partial charge >= 0.3 is 0 Å². The van der Waals surface area contributed by atoms with E-state index < -0.39 is 0 Å². The highest BCUT2D eigenvalue weighted by atomic mass is 35.5. The van der Waals surface area contributed by atoms with Crippen LogP contribution in [-0.2, 0) is 5.88 Å². The van der Waals surface area contributed by atoms with Gasteiger partial charge in [0.2, 0.25) is 5.89 Å². The van der Waals surface area contributed by atoms with E-state index in [9.17, 15) is 0 Å². The molecular weight excluding hydrogens is 256 g/mol. The van der Waals surface area contributed by atoms with Crippen LogP contribution in [0.4, 0.5) is 0 Å². The smallest absolute Gasteiger partial charge is 0.209 e. The Hall–Kier alpha value is -0.700. The van der Waals surface area contributed by atoms with Gasteiger partial charge in [0.05, 0.1) is 12.1 Å². The topological polar surface area (TPSA) is 26.0 Å². The molecule has 0 unspecified atom stereocenters. The minimum atomic E-state index is 0.244. The van der Waals surface area contributed by atoms with Crippen LogP contribution < -0.4 is 0 Å². The number of oxazole rings is 1. The predicted octanol–water partition coefficient (Wildman–Crippen LogP) is 4.39. The molecule has 0 fully saturated rings. The summed E-state index contributed by atoms with van der Waals surface area (Å²) in [6, 6.07) is 5.17. The monoisotopic (exact) mass is 261 g/mol. The number of halogens is 3. The summed E-state index contributed by atoms with van der Waals surface area (Å²) in [5.41, 5.74) is 0.788. The Balaban J connectivity index is 2.44. The first-order valence-corrected chi connectivity index (χ1v) is 5.45. The average molecular weight is 263 g/mol. The van der Waals surface area contributed by atoms with Crippen LogP contribution in [0.2, 0.25) is 10.0 Å². The Morgan fingerprint density at radius 3 is 2.33 bits per heavy atom. The molecule has 0 saturated carbocycles. The SMILES string of the molecule is ClCc1ncc(-c2cc(Cl)cc(Cl)c2)o1. The zero-order valence-corrected chi connectivity index (χ0v) is 9.77. The lowest BCUT2D eigenvalue weighted by Gasteiger charge is -1.98. The quantitative estimate of drug-likeness (QED) is 0.750. The molecule has 0 aliphatic rings. The van der Waals surface area contributed by atoms with E-state index in [2.05, 4.69) is 4.98 Å². The molecule has 0 spiro atoms. The highest BCUT2D eigenvalue weighted by molar-refractivity contribution is 6.35. The fraction of sp³-hybridized carbons (Fsp3) is 0.100. The van der Waals surface area contributed by atoms with Crippen LogP contribution in [0.15, 0.2) is 28.8 Å². The maximum absolute atomic E-state index is 5.87. The van der Waals surface area contributed by atoms with Crippen molar-refractivity contribution in [3.63, 3.8) is 0 Å². The molecule has 2 aromatic rings. The summed E-state index contributed by atoms with van der Waals surface area (Å²) in [6.45, 7) is 0. The van der Waals surface area contributed by atoms with E-state index in [0.29, 0.717) is 21.7 Å². The number of benzene rings is 1. The van der Waals surface area contributed by atoms with E-state index in [4.69, 9.17) is 39.2 Å². The van der Waals surface area contributed by atoms with Crippen molar-refractivity contribution in [2.75, 3.05) is 0 Å². The van der Waals surface area contributed by atoms with E-state index in [0.717, 1.165) is 5.56 Å². The second-order valence-electron chi connectivity index (χ2n) is 2.91. The maximum atomic E-state index is 5.87. The Kier molecular flexibility index (Phi) is 3.19. The second kappa shape index (κ2) is 4.44. The molecule has 0 bridgehead atoms. The van der Waals surface area contributed by atoms with Gasteiger partial charge in [-0.05, 0) is 18.2 Å². The molecule has 0 N–H and O–H groups in total. The van der Waals surface area contributed by atoms with Gasteiger partial charge < -0.3 is 4.42 Å². The molecule has 5 heteroatoms. The zero-order valence-electron chi connectivity index (χ0n) is 7.51. The molecule has 0 aliphatic heterocycles. The number of rotatable bonds is 2.